The Bertz CT molecular complexity index is 1100. The van der Waals surface area contributed by atoms with E-state index in [1.54, 1.807) is 4.90 Å². The van der Waals surface area contributed by atoms with Crippen molar-refractivity contribution in [2.75, 3.05) is 13.1 Å². The van der Waals surface area contributed by atoms with Crippen LogP contribution in [0.2, 0.25) is 10.0 Å². The number of carbonyl (C=O) groups is 1. The van der Waals surface area contributed by atoms with E-state index in [9.17, 15) is 4.79 Å². The number of carbonyl (C=O) groups excluding carboxylic acids is 1. The van der Waals surface area contributed by atoms with E-state index in [1.807, 2.05) is 67.8 Å². The third-order valence-electron chi connectivity index (χ3n) is 5.30. The Balaban J connectivity index is 1.59. The average molecular weight is 476 g/mol. The molecule has 6 nitrogen and oxygen atoms in total. The number of amides is 1. The molecule has 2 heterocycles. The first-order chi connectivity index (χ1) is 15.2. The van der Waals surface area contributed by atoms with Gasteiger partial charge >= 0.3 is 6.09 Å². The van der Waals surface area contributed by atoms with E-state index in [4.69, 9.17) is 37.7 Å². The van der Waals surface area contributed by atoms with Gasteiger partial charge < -0.3 is 14.4 Å². The highest BCUT2D eigenvalue weighted by Gasteiger charge is 2.29. The monoisotopic (exact) mass is 475 g/mol. The maximum absolute atomic E-state index is 12.5. The van der Waals surface area contributed by atoms with E-state index in [1.165, 1.54) is 0 Å². The van der Waals surface area contributed by atoms with Gasteiger partial charge in [-0.2, -0.15) is 4.98 Å². The zero-order valence-electron chi connectivity index (χ0n) is 18.5. The van der Waals surface area contributed by atoms with E-state index in [0.717, 1.165) is 29.4 Å². The topological polar surface area (TPSA) is 56.6 Å². The van der Waals surface area contributed by atoms with Crippen LogP contribution in [0.1, 0.15) is 39.2 Å². The number of nitrogens with zero attached hydrogens (tertiary/aromatic N) is 3. The normalized spacial score (nSPS) is 16.9. The molecule has 1 aromatic heterocycles. The summed E-state index contributed by atoms with van der Waals surface area (Å²) in [6.45, 7) is 7.13. The van der Waals surface area contributed by atoms with Crippen LogP contribution >= 0.6 is 23.2 Å². The Morgan fingerprint density at radius 3 is 2.56 bits per heavy atom. The minimum atomic E-state index is -0.535. The molecule has 8 heteroatoms. The molecular weight excluding hydrogens is 449 g/mol. The van der Waals surface area contributed by atoms with Crippen LogP contribution in [0.3, 0.4) is 0 Å². The van der Waals surface area contributed by atoms with Crippen LogP contribution in [0.5, 0.6) is 6.01 Å². The predicted octanol–water partition coefficient (Wildman–Crippen LogP) is 6.17. The van der Waals surface area contributed by atoms with Crippen LogP contribution in [0.15, 0.2) is 42.5 Å². The molecule has 32 heavy (non-hydrogen) atoms. The standard InChI is InChI=1S/C24H27Cl2N3O3/c1-24(2,3)32-23(30)28-13-7-8-16(14-28)31-22-27-20-11-4-5-12-21(20)29(22)15-17-18(25)9-6-10-19(17)26/h4-6,9-12,16H,7-8,13-15H2,1-3H3/t16-/m0/s1. The lowest BCUT2D eigenvalue weighted by Gasteiger charge is -2.34. The molecule has 1 fully saturated rings. The van der Waals surface area contributed by atoms with Crippen molar-refractivity contribution >= 4 is 40.3 Å². The molecule has 0 spiro atoms. The summed E-state index contributed by atoms with van der Waals surface area (Å²) < 4.78 is 13.9. The van der Waals surface area contributed by atoms with Crippen molar-refractivity contribution in [3.63, 3.8) is 0 Å². The SMILES string of the molecule is CC(C)(C)OC(=O)N1CCC[C@H](Oc2nc3ccccc3n2Cc2c(Cl)cccc2Cl)C1. The van der Waals surface area contributed by atoms with Gasteiger partial charge in [-0.15, -0.1) is 0 Å². The van der Waals surface area contributed by atoms with Crippen LogP contribution in [-0.2, 0) is 11.3 Å². The molecule has 1 atom stereocenters. The Morgan fingerprint density at radius 2 is 1.84 bits per heavy atom. The summed E-state index contributed by atoms with van der Waals surface area (Å²) in [5.74, 6) is 0. The van der Waals surface area contributed by atoms with E-state index in [-0.39, 0.29) is 12.2 Å². The summed E-state index contributed by atoms with van der Waals surface area (Å²) in [7, 11) is 0. The summed E-state index contributed by atoms with van der Waals surface area (Å²) in [6, 6.07) is 13.8. The van der Waals surface area contributed by atoms with Crippen molar-refractivity contribution in [1.82, 2.24) is 14.5 Å². The lowest BCUT2D eigenvalue weighted by Crippen LogP contribution is -2.46. The smallest absolute Gasteiger partial charge is 0.410 e. The number of para-hydroxylation sites is 2. The number of rotatable bonds is 4. The Kier molecular flexibility index (Phi) is 6.54. The van der Waals surface area contributed by atoms with Crippen molar-refractivity contribution < 1.29 is 14.3 Å². The van der Waals surface area contributed by atoms with Crippen molar-refractivity contribution in [1.29, 1.82) is 0 Å². The summed E-state index contributed by atoms with van der Waals surface area (Å²) in [4.78, 5) is 19.0. The Morgan fingerprint density at radius 1 is 1.12 bits per heavy atom. The number of imidazole rings is 1. The number of hydrogen-bond acceptors (Lipinski definition) is 4. The fraction of sp³-hybridized carbons (Fsp3) is 0.417. The molecular formula is C24H27Cl2N3O3. The fourth-order valence-electron chi connectivity index (χ4n) is 3.81. The lowest BCUT2D eigenvalue weighted by molar-refractivity contribution is 0.00626. The summed E-state index contributed by atoms with van der Waals surface area (Å²) in [6.07, 6.45) is 1.16. The van der Waals surface area contributed by atoms with Gasteiger partial charge in [-0.25, -0.2) is 4.79 Å². The largest absolute Gasteiger partial charge is 0.459 e. The summed E-state index contributed by atoms with van der Waals surface area (Å²) >= 11 is 12.9. The Hall–Kier alpha value is -2.44. The fourth-order valence-corrected chi connectivity index (χ4v) is 4.33. The van der Waals surface area contributed by atoms with E-state index in [2.05, 4.69) is 0 Å². The molecule has 1 aliphatic heterocycles. The Labute approximate surface area is 198 Å². The quantitative estimate of drug-likeness (QED) is 0.452. The van der Waals surface area contributed by atoms with Gasteiger partial charge in [0.05, 0.1) is 24.1 Å². The second-order valence-electron chi connectivity index (χ2n) is 8.98. The van der Waals surface area contributed by atoms with Crippen molar-refractivity contribution in [2.45, 2.75) is 51.9 Å². The van der Waals surface area contributed by atoms with E-state index in [0.29, 0.717) is 35.7 Å². The zero-order chi connectivity index (χ0) is 22.9. The maximum atomic E-state index is 12.5. The molecule has 3 aromatic rings. The first-order valence-electron chi connectivity index (χ1n) is 10.7. The van der Waals surface area contributed by atoms with Gasteiger partial charge in [-0.1, -0.05) is 41.4 Å². The van der Waals surface area contributed by atoms with Gasteiger partial charge in [0, 0.05) is 22.2 Å². The molecule has 1 saturated heterocycles. The zero-order valence-corrected chi connectivity index (χ0v) is 20.0. The molecule has 0 aliphatic carbocycles. The molecule has 0 bridgehead atoms. The number of likely N-dealkylation sites (tertiary alicyclic amines) is 1. The van der Waals surface area contributed by atoms with Gasteiger partial charge in [0.25, 0.3) is 6.01 Å². The third-order valence-corrected chi connectivity index (χ3v) is 6.01. The number of ether oxygens (including phenoxy) is 2. The highest BCUT2D eigenvalue weighted by molar-refractivity contribution is 6.36. The highest BCUT2D eigenvalue weighted by Crippen LogP contribution is 2.30. The molecule has 1 aliphatic rings. The number of halogens is 2. The van der Waals surface area contributed by atoms with E-state index >= 15 is 0 Å². The average Bonchev–Trinajstić information content (AvgIpc) is 3.06. The van der Waals surface area contributed by atoms with Crippen LogP contribution in [-0.4, -0.2) is 45.3 Å². The molecule has 0 unspecified atom stereocenters. The van der Waals surface area contributed by atoms with Gasteiger partial charge in [-0.05, 0) is 57.9 Å². The molecule has 170 valence electrons. The minimum Gasteiger partial charge on any atom is -0.459 e. The van der Waals surface area contributed by atoms with Crippen molar-refractivity contribution in [3.8, 4) is 6.01 Å². The molecule has 2 aromatic carbocycles. The van der Waals surface area contributed by atoms with Crippen LogP contribution < -0.4 is 4.74 Å². The summed E-state index contributed by atoms with van der Waals surface area (Å²) in [5.41, 5.74) is 2.03. The van der Waals surface area contributed by atoms with Gasteiger partial charge in [-0.3, -0.25) is 4.57 Å². The molecule has 0 radical (unpaired) electrons. The number of aromatic nitrogens is 2. The summed E-state index contributed by atoms with van der Waals surface area (Å²) in [5, 5.41) is 1.19. The number of fused-ring (bicyclic) bond motifs is 1. The molecule has 4 rings (SSSR count). The first kappa shape index (κ1) is 22.7. The first-order valence-corrected chi connectivity index (χ1v) is 11.5. The van der Waals surface area contributed by atoms with E-state index < -0.39 is 5.60 Å². The second-order valence-corrected chi connectivity index (χ2v) is 9.79. The highest BCUT2D eigenvalue weighted by atomic mass is 35.5. The predicted molar refractivity (Wildman–Crippen MR) is 127 cm³/mol. The molecule has 0 saturated carbocycles. The van der Waals surface area contributed by atoms with Crippen molar-refractivity contribution in [2.24, 2.45) is 0 Å². The lowest BCUT2D eigenvalue weighted by atomic mass is 10.1. The van der Waals surface area contributed by atoms with Crippen LogP contribution in [0.4, 0.5) is 4.79 Å². The second kappa shape index (κ2) is 9.20. The number of benzene rings is 2. The third kappa shape index (κ3) is 5.13. The number of hydrogen-bond donors (Lipinski definition) is 0. The molecule has 0 N–H and O–H groups in total. The maximum Gasteiger partial charge on any atom is 0.410 e. The molecule has 1 amide bonds. The minimum absolute atomic E-state index is 0.187. The van der Waals surface area contributed by atoms with Crippen LogP contribution in [0, 0.1) is 0 Å². The van der Waals surface area contributed by atoms with Gasteiger partial charge in [0.15, 0.2) is 0 Å². The van der Waals surface area contributed by atoms with Crippen molar-refractivity contribution in [3.05, 3.63) is 58.1 Å². The van der Waals surface area contributed by atoms with Crippen LogP contribution in [0.25, 0.3) is 11.0 Å². The van der Waals surface area contributed by atoms with Gasteiger partial charge in [0.2, 0.25) is 0 Å². The number of piperidine rings is 1. The van der Waals surface area contributed by atoms with Gasteiger partial charge in [0.1, 0.15) is 11.7 Å².